The van der Waals surface area contributed by atoms with E-state index in [1.165, 1.54) is 11.3 Å². The second-order valence-electron chi connectivity index (χ2n) is 5.51. The molecule has 1 N–H and O–H groups in total. The van der Waals surface area contributed by atoms with Gasteiger partial charge in [0.05, 0.1) is 5.69 Å². The Hall–Kier alpha value is -1.24. The second kappa shape index (κ2) is 4.40. The molecule has 2 saturated heterocycles. The van der Waals surface area contributed by atoms with E-state index >= 15 is 0 Å². The fraction of sp³-hybridized carbons (Fsp3) is 0.538. The molecule has 0 aliphatic carbocycles. The van der Waals surface area contributed by atoms with Gasteiger partial charge in [0.25, 0.3) is 5.56 Å². The summed E-state index contributed by atoms with van der Waals surface area (Å²) in [5, 5.41) is 5.35. The smallest absolute Gasteiger partial charge is 0.258 e. The molecule has 5 nitrogen and oxygen atoms in total. The molecule has 2 aliphatic rings. The molecule has 4 rings (SSSR count). The van der Waals surface area contributed by atoms with E-state index in [0.29, 0.717) is 0 Å². The van der Waals surface area contributed by atoms with Crippen LogP contribution in [0.2, 0.25) is 0 Å². The van der Waals surface area contributed by atoms with Gasteiger partial charge < -0.3 is 5.32 Å². The van der Waals surface area contributed by atoms with E-state index in [9.17, 15) is 4.79 Å². The summed E-state index contributed by atoms with van der Waals surface area (Å²) in [7, 11) is 0. The Morgan fingerprint density at radius 2 is 2.16 bits per heavy atom. The summed E-state index contributed by atoms with van der Waals surface area (Å²) in [5.74, 6) is 1.57. The van der Waals surface area contributed by atoms with E-state index in [4.69, 9.17) is 0 Å². The molecule has 0 spiro atoms. The Balaban J connectivity index is 1.57. The summed E-state index contributed by atoms with van der Waals surface area (Å²) in [5.41, 5.74) is 0.933. The number of hydrogen-bond donors (Lipinski definition) is 1. The zero-order chi connectivity index (χ0) is 12.8. The fourth-order valence-electron chi connectivity index (χ4n) is 3.28. The first-order chi connectivity index (χ1) is 9.29. The summed E-state index contributed by atoms with van der Waals surface area (Å²) in [6, 6.07) is 1.67. The molecule has 0 radical (unpaired) electrons. The first-order valence-electron chi connectivity index (χ1n) is 6.68. The molecule has 0 saturated carbocycles. The van der Waals surface area contributed by atoms with Gasteiger partial charge in [-0.05, 0) is 24.9 Å². The van der Waals surface area contributed by atoms with Crippen molar-refractivity contribution in [3.8, 4) is 0 Å². The minimum atomic E-state index is 0.0299. The number of fused-ring (bicyclic) bond motifs is 2. The second-order valence-corrected chi connectivity index (χ2v) is 6.39. The summed E-state index contributed by atoms with van der Waals surface area (Å²) in [6.45, 7) is 5.34. The quantitative estimate of drug-likeness (QED) is 0.863. The van der Waals surface area contributed by atoms with Crippen molar-refractivity contribution in [1.82, 2.24) is 19.6 Å². The Morgan fingerprint density at radius 3 is 2.95 bits per heavy atom. The highest BCUT2D eigenvalue weighted by Gasteiger charge is 2.35. The molecule has 2 atom stereocenters. The molecule has 19 heavy (non-hydrogen) atoms. The largest absolute Gasteiger partial charge is 0.316 e. The van der Waals surface area contributed by atoms with E-state index in [1.807, 2.05) is 5.38 Å². The van der Waals surface area contributed by atoms with Crippen LogP contribution in [0, 0.1) is 11.8 Å². The van der Waals surface area contributed by atoms with Crippen molar-refractivity contribution >= 4 is 16.3 Å². The van der Waals surface area contributed by atoms with Crippen molar-refractivity contribution in [2.45, 2.75) is 6.54 Å². The Kier molecular flexibility index (Phi) is 2.68. The first-order valence-corrected chi connectivity index (χ1v) is 7.56. The van der Waals surface area contributed by atoms with Gasteiger partial charge in [-0.2, -0.15) is 0 Å². The molecule has 2 aliphatic heterocycles. The van der Waals surface area contributed by atoms with Gasteiger partial charge in [-0.25, -0.2) is 4.98 Å². The van der Waals surface area contributed by atoms with Gasteiger partial charge in [0.15, 0.2) is 4.96 Å². The third-order valence-corrected chi connectivity index (χ3v) is 4.96. The molecule has 0 aromatic carbocycles. The van der Waals surface area contributed by atoms with Crippen LogP contribution >= 0.6 is 11.3 Å². The lowest BCUT2D eigenvalue weighted by molar-refractivity contribution is 0.302. The molecule has 2 aromatic heterocycles. The molecule has 0 bridgehead atoms. The summed E-state index contributed by atoms with van der Waals surface area (Å²) in [4.78, 5) is 19.7. The molecule has 0 unspecified atom stereocenters. The summed E-state index contributed by atoms with van der Waals surface area (Å²) >= 11 is 1.51. The van der Waals surface area contributed by atoms with Crippen LogP contribution in [0.3, 0.4) is 0 Å². The van der Waals surface area contributed by atoms with Crippen LogP contribution in [0.1, 0.15) is 5.69 Å². The van der Waals surface area contributed by atoms with Crippen molar-refractivity contribution in [2.24, 2.45) is 11.8 Å². The van der Waals surface area contributed by atoms with E-state index < -0.39 is 0 Å². The SMILES string of the molecule is O=c1cc(CN2C[C@H]3CNC[C@H]3C2)nc2sccn12. The lowest BCUT2D eigenvalue weighted by Crippen LogP contribution is -2.26. The van der Waals surface area contributed by atoms with E-state index in [1.54, 1.807) is 16.7 Å². The predicted octanol–water partition coefficient (Wildman–Crippen LogP) is 0.407. The molecule has 100 valence electrons. The highest BCUT2D eigenvalue weighted by Crippen LogP contribution is 2.27. The van der Waals surface area contributed by atoms with Gasteiger partial charge in [0.1, 0.15) is 0 Å². The molecule has 4 heterocycles. The Morgan fingerprint density at radius 1 is 1.37 bits per heavy atom. The van der Waals surface area contributed by atoms with Gasteiger partial charge >= 0.3 is 0 Å². The van der Waals surface area contributed by atoms with Crippen LogP contribution in [0.25, 0.3) is 4.96 Å². The van der Waals surface area contributed by atoms with Gasteiger partial charge in [0.2, 0.25) is 0 Å². The Labute approximate surface area is 114 Å². The van der Waals surface area contributed by atoms with Crippen molar-refractivity contribution in [2.75, 3.05) is 26.2 Å². The third-order valence-electron chi connectivity index (χ3n) is 4.21. The van der Waals surface area contributed by atoms with Crippen LogP contribution in [-0.2, 0) is 6.54 Å². The van der Waals surface area contributed by atoms with Crippen molar-refractivity contribution < 1.29 is 0 Å². The van der Waals surface area contributed by atoms with Crippen LogP contribution in [-0.4, -0.2) is 40.5 Å². The lowest BCUT2D eigenvalue weighted by atomic mass is 10.0. The summed E-state index contributed by atoms with van der Waals surface area (Å²) in [6.07, 6.45) is 1.78. The highest BCUT2D eigenvalue weighted by atomic mass is 32.1. The first kappa shape index (κ1) is 11.6. The van der Waals surface area contributed by atoms with Gasteiger partial charge in [-0.1, -0.05) is 0 Å². The standard InChI is InChI=1S/C13H16N4OS/c18-12-3-11(15-13-17(12)1-2-19-13)8-16-6-9-4-14-5-10(9)7-16/h1-3,9-10,14H,4-8H2/t9-,10+. The van der Waals surface area contributed by atoms with Crippen molar-refractivity contribution in [3.63, 3.8) is 0 Å². The topological polar surface area (TPSA) is 49.6 Å². The number of thiazole rings is 1. The Bertz CT molecular complexity index is 652. The molecular formula is C13H16N4OS. The molecule has 6 heteroatoms. The average Bonchev–Trinajstić information content (AvgIpc) is 3.02. The lowest BCUT2D eigenvalue weighted by Gasteiger charge is -2.16. The van der Waals surface area contributed by atoms with Crippen molar-refractivity contribution in [3.05, 3.63) is 33.7 Å². The average molecular weight is 276 g/mol. The maximum atomic E-state index is 11.9. The minimum Gasteiger partial charge on any atom is -0.316 e. The maximum absolute atomic E-state index is 11.9. The van der Waals surface area contributed by atoms with Gasteiger partial charge in [0, 0.05) is 37.3 Å². The number of nitrogens with one attached hydrogen (secondary N) is 1. The molecule has 2 aromatic rings. The fourth-order valence-corrected chi connectivity index (χ4v) is 4.02. The monoisotopic (exact) mass is 276 g/mol. The minimum absolute atomic E-state index is 0.0299. The van der Waals surface area contributed by atoms with Crippen LogP contribution in [0.15, 0.2) is 22.4 Å². The number of rotatable bonds is 2. The normalized spacial score (nSPS) is 27.2. The zero-order valence-electron chi connectivity index (χ0n) is 10.6. The zero-order valence-corrected chi connectivity index (χ0v) is 11.4. The maximum Gasteiger partial charge on any atom is 0.258 e. The van der Waals surface area contributed by atoms with E-state index in [2.05, 4.69) is 15.2 Å². The highest BCUT2D eigenvalue weighted by molar-refractivity contribution is 7.15. The number of nitrogens with zero attached hydrogens (tertiary/aromatic N) is 3. The summed E-state index contributed by atoms with van der Waals surface area (Å²) < 4.78 is 1.61. The van der Waals surface area contributed by atoms with E-state index in [-0.39, 0.29) is 5.56 Å². The van der Waals surface area contributed by atoms with E-state index in [0.717, 1.165) is 55.2 Å². The van der Waals surface area contributed by atoms with Gasteiger partial charge in [-0.3, -0.25) is 14.1 Å². The van der Waals surface area contributed by atoms with Crippen LogP contribution in [0.5, 0.6) is 0 Å². The van der Waals surface area contributed by atoms with Crippen molar-refractivity contribution in [1.29, 1.82) is 0 Å². The third kappa shape index (κ3) is 2.00. The van der Waals surface area contributed by atoms with Crippen LogP contribution < -0.4 is 10.9 Å². The molecule has 0 amide bonds. The number of likely N-dealkylation sites (tertiary alicyclic amines) is 1. The molecular weight excluding hydrogens is 260 g/mol. The molecule has 2 fully saturated rings. The van der Waals surface area contributed by atoms with Crippen LogP contribution in [0.4, 0.5) is 0 Å². The van der Waals surface area contributed by atoms with Gasteiger partial charge in [-0.15, -0.1) is 11.3 Å². The number of hydrogen-bond acceptors (Lipinski definition) is 5. The predicted molar refractivity (Wildman–Crippen MR) is 74.5 cm³/mol. The number of aromatic nitrogens is 2.